The van der Waals surface area contributed by atoms with E-state index in [0.717, 1.165) is 58.0 Å². The minimum atomic E-state index is 0.291. The molecule has 1 aliphatic carbocycles. The summed E-state index contributed by atoms with van der Waals surface area (Å²) in [5.74, 6) is 1.09. The lowest BCUT2D eigenvalue weighted by Crippen LogP contribution is -2.32. The second-order valence-corrected chi connectivity index (χ2v) is 8.22. The van der Waals surface area contributed by atoms with Crippen LogP contribution < -0.4 is 10.6 Å². The molecule has 8 heteroatoms. The smallest absolute Gasteiger partial charge is 0.204 e. The normalized spacial score (nSPS) is 19.3. The Bertz CT molecular complexity index is 1220. The van der Waals surface area contributed by atoms with Crippen LogP contribution >= 0.6 is 15.9 Å². The number of rotatable bonds is 4. The highest BCUT2D eigenvalue weighted by Gasteiger charge is 2.22. The second kappa shape index (κ2) is 7.41. The quantitative estimate of drug-likeness (QED) is 0.396. The highest BCUT2D eigenvalue weighted by Crippen LogP contribution is 2.33. The highest BCUT2D eigenvalue weighted by atomic mass is 79.9. The molecule has 146 valence electrons. The molecule has 0 spiro atoms. The van der Waals surface area contributed by atoms with Gasteiger partial charge in [0.25, 0.3) is 0 Å². The Labute approximate surface area is 175 Å². The van der Waals surface area contributed by atoms with Gasteiger partial charge in [0, 0.05) is 34.6 Å². The molecule has 3 N–H and O–H groups in total. The Morgan fingerprint density at radius 3 is 2.69 bits per heavy atom. The van der Waals surface area contributed by atoms with Gasteiger partial charge in [-0.1, -0.05) is 0 Å². The lowest BCUT2D eigenvalue weighted by Gasteiger charge is -2.30. The fraction of sp³-hybridized carbons (Fsp3) is 0.286. The SMILES string of the molecule is N#Cc1cc2c(Br)c(NC3CCC(Nc4ccc5cn[nH]c5c4)CC3)ncc2o1. The maximum Gasteiger partial charge on any atom is 0.204 e. The molecule has 29 heavy (non-hydrogen) atoms. The molecule has 5 rings (SSSR count). The van der Waals surface area contributed by atoms with Crippen LogP contribution in [0.2, 0.25) is 0 Å². The number of aromatic amines is 1. The Kier molecular flexibility index (Phi) is 4.60. The van der Waals surface area contributed by atoms with E-state index < -0.39 is 0 Å². The molecule has 1 saturated carbocycles. The van der Waals surface area contributed by atoms with Crippen LogP contribution in [-0.2, 0) is 0 Å². The van der Waals surface area contributed by atoms with Crippen LogP contribution in [0, 0.1) is 11.3 Å². The van der Waals surface area contributed by atoms with Crippen LogP contribution in [0.3, 0.4) is 0 Å². The van der Waals surface area contributed by atoms with E-state index in [2.05, 4.69) is 59.9 Å². The average Bonchev–Trinajstić information content (AvgIpc) is 3.38. The van der Waals surface area contributed by atoms with Gasteiger partial charge < -0.3 is 15.1 Å². The minimum Gasteiger partial charge on any atom is -0.444 e. The molecule has 0 saturated heterocycles. The van der Waals surface area contributed by atoms with Crippen molar-refractivity contribution in [3.63, 3.8) is 0 Å². The van der Waals surface area contributed by atoms with Gasteiger partial charge in [0.15, 0.2) is 5.58 Å². The van der Waals surface area contributed by atoms with Crippen LogP contribution in [0.5, 0.6) is 0 Å². The molecule has 0 atom stereocenters. The number of halogens is 1. The molecule has 0 unspecified atom stereocenters. The van der Waals surface area contributed by atoms with Crippen molar-refractivity contribution in [1.82, 2.24) is 15.2 Å². The number of furan rings is 1. The van der Waals surface area contributed by atoms with Crippen molar-refractivity contribution in [1.29, 1.82) is 5.26 Å². The van der Waals surface area contributed by atoms with Crippen molar-refractivity contribution in [2.24, 2.45) is 0 Å². The van der Waals surface area contributed by atoms with Crippen LogP contribution in [0.4, 0.5) is 11.5 Å². The van der Waals surface area contributed by atoms with Crippen molar-refractivity contribution in [3.05, 3.63) is 46.9 Å². The maximum atomic E-state index is 9.03. The summed E-state index contributed by atoms with van der Waals surface area (Å²) in [4.78, 5) is 4.47. The van der Waals surface area contributed by atoms with E-state index in [1.165, 1.54) is 0 Å². The predicted octanol–water partition coefficient (Wildman–Crippen LogP) is 5.17. The van der Waals surface area contributed by atoms with Gasteiger partial charge in [-0.2, -0.15) is 10.4 Å². The van der Waals surface area contributed by atoms with Crippen molar-refractivity contribution >= 4 is 49.3 Å². The third kappa shape index (κ3) is 3.54. The molecule has 4 aromatic rings. The fourth-order valence-electron chi connectivity index (χ4n) is 3.97. The molecule has 3 heterocycles. The van der Waals surface area contributed by atoms with Crippen molar-refractivity contribution < 1.29 is 4.42 Å². The summed E-state index contributed by atoms with van der Waals surface area (Å²) in [6.07, 6.45) is 7.80. The van der Waals surface area contributed by atoms with E-state index in [1.807, 2.05) is 12.3 Å². The van der Waals surface area contributed by atoms with Crippen LogP contribution in [0.15, 0.2) is 45.5 Å². The minimum absolute atomic E-state index is 0.291. The van der Waals surface area contributed by atoms with Gasteiger partial charge in [0.05, 0.1) is 22.4 Å². The first-order valence-electron chi connectivity index (χ1n) is 9.64. The second-order valence-electron chi connectivity index (χ2n) is 7.43. The monoisotopic (exact) mass is 450 g/mol. The first-order chi connectivity index (χ1) is 14.2. The molecule has 1 aromatic carbocycles. The number of hydrogen-bond acceptors (Lipinski definition) is 6. The summed E-state index contributed by atoms with van der Waals surface area (Å²) < 4.78 is 6.28. The molecule has 0 radical (unpaired) electrons. The van der Waals surface area contributed by atoms with E-state index in [9.17, 15) is 0 Å². The maximum absolute atomic E-state index is 9.03. The lowest BCUT2D eigenvalue weighted by atomic mass is 9.91. The van der Waals surface area contributed by atoms with Gasteiger partial charge >= 0.3 is 0 Å². The average molecular weight is 451 g/mol. The third-order valence-electron chi connectivity index (χ3n) is 5.51. The standard InChI is InChI=1S/C21H19BrN6O/c22-20-17-8-16(9-23)29-19(17)11-24-21(20)27-14-5-3-13(4-6-14)26-15-2-1-12-10-25-28-18(12)7-15/h1-2,7-8,10-11,13-14,26H,3-6H2,(H,24,27)(H,25,28). The van der Waals surface area contributed by atoms with Crippen LogP contribution in [0.1, 0.15) is 31.4 Å². The number of nitrogens with one attached hydrogen (secondary N) is 3. The number of pyridine rings is 1. The van der Waals surface area contributed by atoms with Crippen molar-refractivity contribution in [2.75, 3.05) is 10.6 Å². The van der Waals surface area contributed by atoms with E-state index >= 15 is 0 Å². The number of H-pyrrole nitrogens is 1. The molecule has 0 bridgehead atoms. The Morgan fingerprint density at radius 2 is 1.90 bits per heavy atom. The van der Waals surface area contributed by atoms with Gasteiger partial charge in [0.2, 0.25) is 5.76 Å². The van der Waals surface area contributed by atoms with Gasteiger partial charge in [-0.25, -0.2) is 4.98 Å². The van der Waals surface area contributed by atoms with Gasteiger partial charge in [0.1, 0.15) is 11.9 Å². The summed E-state index contributed by atoms with van der Waals surface area (Å²) in [7, 11) is 0. The summed E-state index contributed by atoms with van der Waals surface area (Å²) in [5.41, 5.74) is 2.79. The molecule has 0 amide bonds. The largest absolute Gasteiger partial charge is 0.444 e. The van der Waals surface area contributed by atoms with E-state index in [0.29, 0.717) is 23.4 Å². The number of nitriles is 1. The summed E-state index contributed by atoms with van der Waals surface area (Å²) in [6, 6.07) is 10.9. The van der Waals surface area contributed by atoms with Crippen LogP contribution in [-0.4, -0.2) is 27.3 Å². The Morgan fingerprint density at radius 1 is 1.10 bits per heavy atom. The summed E-state index contributed by atoms with van der Waals surface area (Å²) in [5, 5.41) is 25.3. The topological polar surface area (TPSA) is 103 Å². The first-order valence-corrected chi connectivity index (χ1v) is 10.4. The molecular formula is C21H19BrN6O. The number of fused-ring (bicyclic) bond motifs is 2. The molecule has 0 aliphatic heterocycles. The first kappa shape index (κ1) is 18.0. The number of hydrogen-bond donors (Lipinski definition) is 3. The lowest BCUT2D eigenvalue weighted by molar-refractivity contribution is 0.428. The van der Waals surface area contributed by atoms with Gasteiger partial charge in [-0.05, 0) is 59.8 Å². The number of aromatic nitrogens is 3. The zero-order chi connectivity index (χ0) is 19.8. The fourth-order valence-corrected chi connectivity index (χ4v) is 4.50. The van der Waals surface area contributed by atoms with Gasteiger partial charge in [-0.15, -0.1) is 0 Å². The number of anilines is 2. The molecule has 1 aliphatic rings. The zero-order valence-corrected chi connectivity index (χ0v) is 17.2. The van der Waals surface area contributed by atoms with E-state index in [-0.39, 0.29) is 0 Å². The Balaban J connectivity index is 1.22. The molecule has 3 aromatic heterocycles. The molecular weight excluding hydrogens is 432 g/mol. The number of benzene rings is 1. The van der Waals surface area contributed by atoms with Crippen molar-refractivity contribution in [2.45, 2.75) is 37.8 Å². The number of nitrogens with zero attached hydrogens (tertiary/aromatic N) is 3. The third-order valence-corrected chi connectivity index (χ3v) is 6.31. The van der Waals surface area contributed by atoms with E-state index in [4.69, 9.17) is 9.68 Å². The summed E-state index contributed by atoms with van der Waals surface area (Å²) >= 11 is 3.61. The highest BCUT2D eigenvalue weighted by molar-refractivity contribution is 9.10. The van der Waals surface area contributed by atoms with E-state index in [1.54, 1.807) is 12.3 Å². The Hall–Kier alpha value is -3.05. The zero-order valence-electron chi connectivity index (χ0n) is 15.6. The predicted molar refractivity (Wildman–Crippen MR) is 116 cm³/mol. The molecule has 1 fully saturated rings. The molecule has 7 nitrogen and oxygen atoms in total. The van der Waals surface area contributed by atoms with Crippen LogP contribution in [0.25, 0.3) is 21.9 Å². The summed E-state index contributed by atoms with van der Waals surface area (Å²) in [6.45, 7) is 0. The van der Waals surface area contributed by atoms with Gasteiger partial charge in [-0.3, -0.25) is 5.10 Å². The van der Waals surface area contributed by atoms with Crippen molar-refractivity contribution in [3.8, 4) is 6.07 Å².